The van der Waals surface area contributed by atoms with Gasteiger partial charge in [-0.25, -0.2) is 4.79 Å². The lowest BCUT2D eigenvalue weighted by atomic mass is 9.90. The highest BCUT2D eigenvalue weighted by Gasteiger charge is 2.55. The van der Waals surface area contributed by atoms with Gasteiger partial charge in [0, 0.05) is 32.3 Å². The fourth-order valence-electron chi connectivity index (χ4n) is 2.46. The van der Waals surface area contributed by atoms with Gasteiger partial charge in [-0.1, -0.05) is 0 Å². The molecule has 5 heteroatoms. The normalized spacial score (nSPS) is 23.1. The van der Waals surface area contributed by atoms with Crippen LogP contribution in [0.2, 0.25) is 0 Å². The van der Waals surface area contributed by atoms with Crippen molar-refractivity contribution in [2.75, 3.05) is 20.6 Å². The predicted octanol–water partition coefficient (Wildman–Crippen LogP) is 2.38. The Labute approximate surface area is 120 Å². The number of allylic oxidation sites excluding steroid dienone is 1. The molecule has 0 aromatic rings. The van der Waals surface area contributed by atoms with Crippen molar-refractivity contribution in [2.45, 2.75) is 45.6 Å². The summed E-state index contributed by atoms with van der Waals surface area (Å²) in [4.78, 5) is 28.1. The molecule has 1 spiro atoms. The number of carbonyl (C=O) groups is 2. The van der Waals surface area contributed by atoms with E-state index in [0.29, 0.717) is 12.2 Å². The standard InChI is InChI=1S/C15H24N2O3/c1-14(2,3)20-13(19)17-9-8-15(6-7-15)12(18)11(17)10-16(4)5/h10H,6-9H2,1-5H3/b11-10-. The summed E-state index contributed by atoms with van der Waals surface area (Å²) in [7, 11) is 3.70. The van der Waals surface area contributed by atoms with E-state index in [2.05, 4.69) is 0 Å². The van der Waals surface area contributed by atoms with Crippen LogP contribution in [0, 0.1) is 5.41 Å². The third kappa shape index (κ3) is 2.97. The molecule has 2 aliphatic rings. The van der Waals surface area contributed by atoms with Crippen molar-refractivity contribution >= 4 is 11.9 Å². The molecule has 112 valence electrons. The van der Waals surface area contributed by atoms with E-state index in [1.807, 2.05) is 34.9 Å². The van der Waals surface area contributed by atoms with Gasteiger partial charge in [0.25, 0.3) is 0 Å². The average Bonchev–Trinajstić information content (AvgIpc) is 3.03. The monoisotopic (exact) mass is 280 g/mol. The van der Waals surface area contributed by atoms with E-state index < -0.39 is 11.7 Å². The zero-order valence-electron chi connectivity index (χ0n) is 13.0. The molecule has 1 amide bonds. The van der Waals surface area contributed by atoms with Crippen LogP contribution in [0.15, 0.2) is 11.9 Å². The zero-order valence-corrected chi connectivity index (χ0v) is 13.0. The molecule has 0 N–H and O–H groups in total. The second kappa shape index (κ2) is 4.79. The summed E-state index contributed by atoms with van der Waals surface area (Å²) in [5.74, 6) is 0.0864. The van der Waals surface area contributed by atoms with E-state index in [-0.39, 0.29) is 11.2 Å². The van der Waals surface area contributed by atoms with E-state index in [0.717, 1.165) is 19.3 Å². The third-order valence-electron chi connectivity index (χ3n) is 3.67. The number of nitrogens with zero attached hydrogens (tertiary/aromatic N) is 2. The minimum Gasteiger partial charge on any atom is -0.443 e. The maximum atomic E-state index is 12.6. The molecule has 0 unspecified atom stereocenters. The van der Waals surface area contributed by atoms with Gasteiger partial charge in [0.2, 0.25) is 0 Å². The largest absolute Gasteiger partial charge is 0.443 e. The molecule has 1 saturated heterocycles. The summed E-state index contributed by atoms with van der Waals surface area (Å²) in [5.41, 5.74) is -0.286. The van der Waals surface area contributed by atoms with Crippen LogP contribution in [0.4, 0.5) is 4.79 Å². The minimum absolute atomic E-state index is 0.0864. The van der Waals surface area contributed by atoms with Gasteiger partial charge >= 0.3 is 6.09 Å². The van der Waals surface area contributed by atoms with Crippen LogP contribution in [-0.4, -0.2) is 47.9 Å². The first-order valence-electron chi connectivity index (χ1n) is 7.08. The highest BCUT2D eigenvalue weighted by molar-refractivity contribution is 6.04. The molecule has 1 heterocycles. The average molecular weight is 280 g/mol. The second-order valence-electron chi connectivity index (χ2n) is 6.97. The molecule has 0 radical (unpaired) electrons. The van der Waals surface area contributed by atoms with Crippen molar-refractivity contribution in [3.8, 4) is 0 Å². The summed E-state index contributed by atoms with van der Waals surface area (Å²) in [5, 5.41) is 0. The maximum absolute atomic E-state index is 12.6. The van der Waals surface area contributed by atoms with Crippen molar-refractivity contribution < 1.29 is 14.3 Å². The fraction of sp³-hybridized carbons (Fsp3) is 0.733. The number of Topliss-reactive ketones (excluding diaryl/α,β-unsaturated/α-hetero) is 1. The van der Waals surface area contributed by atoms with Gasteiger partial charge in [-0.05, 0) is 40.0 Å². The molecule has 5 nitrogen and oxygen atoms in total. The van der Waals surface area contributed by atoms with Crippen LogP contribution < -0.4 is 0 Å². The maximum Gasteiger partial charge on any atom is 0.414 e. The molecule has 2 rings (SSSR count). The lowest BCUT2D eigenvalue weighted by Gasteiger charge is -2.35. The topological polar surface area (TPSA) is 49.9 Å². The Morgan fingerprint density at radius 1 is 1.30 bits per heavy atom. The Morgan fingerprint density at radius 3 is 2.35 bits per heavy atom. The van der Waals surface area contributed by atoms with E-state index in [1.165, 1.54) is 4.90 Å². The number of carbonyl (C=O) groups excluding carboxylic acids is 2. The smallest absolute Gasteiger partial charge is 0.414 e. The number of hydrogen-bond acceptors (Lipinski definition) is 4. The fourth-order valence-corrected chi connectivity index (χ4v) is 2.46. The number of amides is 1. The van der Waals surface area contributed by atoms with Crippen LogP contribution in [0.25, 0.3) is 0 Å². The van der Waals surface area contributed by atoms with E-state index in [1.54, 1.807) is 11.1 Å². The number of piperidine rings is 1. The molecule has 1 saturated carbocycles. The van der Waals surface area contributed by atoms with Crippen LogP contribution >= 0.6 is 0 Å². The van der Waals surface area contributed by atoms with Crippen LogP contribution in [0.5, 0.6) is 0 Å². The molecule has 1 aliphatic carbocycles. The van der Waals surface area contributed by atoms with Crippen molar-refractivity contribution in [3.63, 3.8) is 0 Å². The summed E-state index contributed by atoms with van der Waals surface area (Å²) < 4.78 is 5.40. The molecule has 1 aliphatic heterocycles. The Hall–Kier alpha value is -1.52. The first kappa shape index (κ1) is 14.9. The lowest BCUT2D eigenvalue weighted by molar-refractivity contribution is -0.124. The molecular weight excluding hydrogens is 256 g/mol. The molecule has 0 aromatic carbocycles. The Bertz CT molecular complexity index is 456. The van der Waals surface area contributed by atoms with Gasteiger partial charge in [0.15, 0.2) is 5.78 Å². The summed E-state index contributed by atoms with van der Waals surface area (Å²) in [6.07, 6.45) is 3.92. The van der Waals surface area contributed by atoms with Gasteiger partial charge in [-0.3, -0.25) is 9.69 Å². The molecule has 0 aromatic heterocycles. The number of ether oxygens (including phenoxy) is 1. The van der Waals surface area contributed by atoms with Crippen LogP contribution in [0.1, 0.15) is 40.0 Å². The number of rotatable bonds is 1. The number of hydrogen-bond donors (Lipinski definition) is 0. The van der Waals surface area contributed by atoms with Crippen molar-refractivity contribution in [1.82, 2.24) is 9.80 Å². The van der Waals surface area contributed by atoms with E-state index in [4.69, 9.17) is 4.74 Å². The van der Waals surface area contributed by atoms with Crippen molar-refractivity contribution in [3.05, 3.63) is 11.9 Å². The van der Waals surface area contributed by atoms with Gasteiger partial charge in [-0.15, -0.1) is 0 Å². The SMILES string of the molecule is CN(C)/C=C1/C(=O)C2(CCN1C(=O)OC(C)(C)C)CC2. The third-order valence-corrected chi connectivity index (χ3v) is 3.67. The number of ketones is 1. The summed E-state index contributed by atoms with van der Waals surface area (Å²) in [6, 6.07) is 0. The Kier molecular flexibility index (Phi) is 3.56. The summed E-state index contributed by atoms with van der Waals surface area (Å²) in [6.45, 7) is 6.04. The minimum atomic E-state index is -0.557. The first-order valence-corrected chi connectivity index (χ1v) is 7.08. The lowest BCUT2D eigenvalue weighted by Crippen LogP contribution is -2.45. The molecule has 2 fully saturated rings. The second-order valence-corrected chi connectivity index (χ2v) is 6.97. The quantitative estimate of drug-likeness (QED) is 0.692. The van der Waals surface area contributed by atoms with Crippen LogP contribution in [0.3, 0.4) is 0 Å². The van der Waals surface area contributed by atoms with Crippen molar-refractivity contribution in [1.29, 1.82) is 0 Å². The van der Waals surface area contributed by atoms with Gasteiger partial charge < -0.3 is 9.64 Å². The first-order chi connectivity index (χ1) is 9.15. The highest BCUT2D eigenvalue weighted by atomic mass is 16.6. The van der Waals surface area contributed by atoms with Gasteiger partial charge in [0.05, 0.1) is 0 Å². The van der Waals surface area contributed by atoms with Crippen molar-refractivity contribution in [2.24, 2.45) is 5.41 Å². The van der Waals surface area contributed by atoms with E-state index >= 15 is 0 Å². The molecule has 20 heavy (non-hydrogen) atoms. The van der Waals surface area contributed by atoms with Gasteiger partial charge in [-0.2, -0.15) is 0 Å². The Balaban J connectivity index is 2.23. The molecular formula is C15H24N2O3. The van der Waals surface area contributed by atoms with Gasteiger partial charge in [0.1, 0.15) is 11.3 Å². The molecule has 0 atom stereocenters. The highest BCUT2D eigenvalue weighted by Crippen LogP contribution is 2.53. The summed E-state index contributed by atoms with van der Waals surface area (Å²) >= 11 is 0. The van der Waals surface area contributed by atoms with Crippen LogP contribution in [-0.2, 0) is 9.53 Å². The zero-order chi connectivity index (χ0) is 15.1. The Morgan fingerprint density at radius 2 is 1.90 bits per heavy atom. The predicted molar refractivity (Wildman–Crippen MR) is 76.0 cm³/mol. The number of likely N-dealkylation sites (tertiary alicyclic amines) is 1. The van der Waals surface area contributed by atoms with E-state index in [9.17, 15) is 9.59 Å². The molecule has 0 bridgehead atoms.